The molecule has 0 spiro atoms. The van der Waals surface area contributed by atoms with Gasteiger partial charge < -0.3 is 5.32 Å². The number of hydrogen-bond acceptors (Lipinski definition) is 4. The molecule has 2 aromatic rings. The van der Waals surface area contributed by atoms with E-state index in [9.17, 15) is 23.7 Å². The van der Waals surface area contributed by atoms with Gasteiger partial charge in [-0.1, -0.05) is 0 Å². The average molecular weight is 377 g/mol. The van der Waals surface area contributed by atoms with Crippen LogP contribution in [-0.2, 0) is 6.54 Å². The first kappa shape index (κ1) is 15.5. The number of nitrogens with one attached hydrogen (secondary N) is 1. The van der Waals surface area contributed by atoms with E-state index in [1.807, 2.05) is 0 Å². The van der Waals surface area contributed by atoms with Gasteiger partial charge in [0.05, 0.1) is 21.3 Å². The summed E-state index contributed by atoms with van der Waals surface area (Å²) >= 11 is 4.63. The average Bonchev–Trinajstić information content (AvgIpc) is 2.84. The number of amides is 1. The lowest BCUT2D eigenvalue weighted by molar-refractivity contribution is -0.385. The molecule has 5 nitrogen and oxygen atoms in total. The number of nitro groups is 1. The summed E-state index contributed by atoms with van der Waals surface area (Å²) in [6.07, 6.45) is 0. The lowest BCUT2D eigenvalue weighted by Crippen LogP contribution is -2.23. The molecule has 0 aliphatic heterocycles. The van der Waals surface area contributed by atoms with Gasteiger partial charge in [-0.05, 0) is 34.1 Å². The molecule has 0 bridgehead atoms. The fourth-order valence-electron chi connectivity index (χ4n) is 1.58. The highest BCUT2D eigenvalue weighted by Crippen LogP contribution is 2.24. The Morgan fingerprint density at radius 1 is 1.33 bits per heavy atom. The Kier molecular flexibility index (Phi) is 4.63. The van der Waals surface area contributed by atoms with E-state index in [4.69, 9.17) is 0 Å². The van der Waals surface area contributed by atoms with Crippen molar-refractivity contribution in [3.63, 3.8) is 0 Å². The van der Waals surface area contributed by atoms with Gasteiger partial charge in [0, 0.05) is 4.88 Å². The van der Waals surface area contributed by atoms with Gasteiger partial charge in [0.1, 0.15) is 5.56 Å². The van der Waals surface area contributed by atoms with Gasteiger partial charge in [-0.3, -0.25) is 14.9 Å². The number of carbonyl (C=O) groups is 1. The molecular weight excluding hydrogens is 370 g/mol. The van der Waals surface area contributed by atoms with Crippen LogP contribution in [0, 0.1) is 21.7 Å². The number of thiophene rings is 1. The normalized spacial score (nSPS) is 10.4. The maximum atomic E-state index is 13.2. The highest BCUT2D eigenvalue weighted by Gasteiger charge is 2.23. The Bertz CT molecular complexity index is 721. The van der Waals surface area contributed by atoms with Gasteiger partial charge in [0.15, 0.2) is 11.6 Å². The summed E-state index contributed by atoms with van der Waals surface area (Å²) in [7, 11) is 0. The SMILES string of the molecule is O=C(NCc1ccc(Br)s1)c1cc(F)c(F)cc1[N+](=O)[O-]. The van der Waals surface area contributed by atoms with Gasteiger partial charge in [0.25, 0.3) is 11.6 Å². The quantitative estimate of drug-likeness (QED) is 0.654. The molecule has 0 unspecified atom stereocenters. The summed E-state index contributed by atoms with van der Waals surface area (Å²) < 4.78 is 27.1. The van der Waals surface area contributed by atoms with Gasteiger partial charge in [-0.25, -0.2) is 8.78 Å². The summed E-state index contributed by atoms with van der Waals surface area (Å²) in [6.45, 7) is 0.130. The van der Waals surface area contributed by atoms with Crippen molar-refractivity contribution in [1.82, 2.24) is 5.32 Å². The van der Waals surface area contributed by atoms with Crippen LogP contribution >= 0.6 is 27.3 Å². The highest BCUT2D eigenvalue weighted by atomic mass is 79.9. The largest absolute Gasteiger partial charge is 0.347 e. The minimum absolute atomic E-state index is 0.130. The molecule has 1 heterocycles. The molecule has 0 aliphatic carbocycles. The third kappa shape index (κ3) is 3.61. The molecule has 2 rings (SSSR count). The topological polar surface area (TPSA) is 72.2 Å². The molecule has 0 saturated carbocycles. The molecule has 110 valence electrons. The summed E-state index contributed by atoms with van der Waals surface area (Å²) in [6, 6.07) is 4.46. The van der Waals surface area contributed by atoms with Crippen LogP contribution in [0.25, 0.3) is 0 Å². The van der Waals surface area contributed by atoms with E-state index in [0.717, 1.165) is 8.66 Å². The van der Waals surface area contributed by atoms with Crippen LogP contribution in [0.1, 0.15) is 15.2 Å². The second-order valence-corrected chi connectivity index (χ2v) is 6.48. The lowest BCUT2D eigenvalue weighted by atomic mass is 10.1. The number of halogens is 3. The molecule has 0 fully saturated rings. The predicted octanol–water partition coefficient (Wildman–Crippen LogP) is 3.63. The van der Waals surface area contributed by atoms with Crippen LogP contribution in [0.4, 0.5) is 14.5 Å². The first-order valence-electron chi connectivity index (χ1n) is 5.54. The summed E-state index contributed by atoms with van der Waals surface area (Å²) in [5.41, 5.74) is -1.30. The molecule has 0 aliphatic rings. The molecular formula is C12H7BrF2N2O3S. The zero-order valence-electron chi connectivity index (χ0n) is 10.2. The Morgan fingerprint density at radius 2 is 2.00 bits per heavy atom. The molecule has 0 saturated heterocycles. The minimum Gasteiger partial charge on any atom is -0.347 e. The molecule has 0 atom stereocenters. The third-order valence-corrected chi connectivity index (χ3v) is 4.16. The van der Waals surface area contributed by atoms with Crippen molar-refractivity contribution in [2.75, 3.05) is 0 Å². The highest BCUT2D eigenvalue weighted by molar-refractivity contribution is 9.11. The van der Waals surface area contributed by atoms with Crippen molar-refractivity contribution in [1.29, 1.82) is 0 Å². The van der Waals surface area contributed by atoms with E-state index in [-0.39, 0.29) is 6.54 Å². The lowest BCUT2D eigenvalue weighted by Gasteiger charge is -2.05. The molecule has 0 radical (unpaired) electrons. The van der Waals surface area contributed by atoms with Crippen LogP contribution in [-0.4, -0.2) is 10.8 Å². The van der Waals surface area contributed by atoms with Gasteiger partial charge in [-0.2, -0.15) is 0 Å². The van der Waals surface area contributed by atoms with E-state index in [0.29, 0.717) is 12.1 Å². The second kappa shape index (κ2) is 6.27. The van der Waals surface area contributed by atoms with Crippen LogP contribution in [0.3, 0.4) is 0 Å². The van der Waals surface area contributed by atoms with Crippen molar-refractivity contribution < 1.29 is 18.5 Å². The van der Waals surface area contributed by atoms with Crippen molar-refractivity contribution in [2.45, 2.75) is 6.54 Å². The van der Waals surface area contributed by atoms with Crippen LogP contribution in [0.5, 0.6) is 0 Å². The van der Waals surface area contributed by atoms with Crippen molar-refractivity contribution in [3.05, 3.63) is 60.2 Å². The fraction of sp³-hybridized carbons (Fsp3) is 0.0833. The fourth-order valence-corrected chi connectivity index (χ4v) is 3.00. The van der Waals surface area contributed by atoms with Crippen LogP contribution in [0.15, 0.2) is 28.1 Å². The van der Waals surface area contributed by atoms with Crippen LogP contribution < -0.4 is 5.32 Å². The van der Waals surface area contributed by atoms with Crippen LogP contribution in [0.2, 0.25) is 0 Å². The Hall–Kier alpha value is -1.87. The second-order valence-electron chi connectivity index (χ2n) is 3.93. The maximum absolute atomic E-state index is 13.2. The molecule has 21 heavy (non-hydrogen) atoms. The molecule has 1 N–H and O–H groups in total. The van der Waals surface area contributed by atoms with Gasteiger partial charge in [0.2, 0.25) is 0 Å². The summed E-state index contributed by atoms with van der Waals surface area (Å²) in [4.78, 5) is 22.6. The van der Waals surface area contributed by atoms with E-state index >= 15 is 0 Å². The van der Waals surface area contributed by atoms with E-state index in [2.05, 4.69) is 21.2 Å². The number of nitrogens with zero attached hydrogens (tertiary/aromatic N) is 1. The number of carbonyl (C=O) groups excluding carboxylic acids is 1. The van der Waals surface area contributed by atoms with Crippen molar-refractivity contribution >= 4 is 38.9 Å². The van der Waals surface area contributed by atoms with E-state index < -0.39 is 33.7 Å². The molecule has 1 aromatic carbocycles. The first-order valence-corrected chi connectivity index (χ1v) is 7.15. The molecule has 1 amide bonds. The first-order chi connectivity index (χ1) is 9.88. The zero-order chi connectivity index (χ0) is 15.6. The number of benzene rings is 1. The minimum atomic E-state index is -1.37. The number of nitro benzene ring substituents is 1. The summed E-state index contributed by atoms with van der Waals surface area (Å²) in [5.74, 6) is -3.53. The predicted molar refractivity (Wildman–Crippen MR) is 76.2 cm³/mol. The van der Waals surface area contributed by atoms with E-state index in [1.54, 1.807) is 12.1 Å². The van der Waals surface area contributed by atoms with Crippen molar-refractivity contribution in [3.8, 4) is 0 Å². The smallest absolute Gasteiger partial charge is 0.285 e. The van der Waals surface area contributed by atoms with Crippen molar-refractivity contribution in [2.24, 2.45) is 0 Å². The van der Waals surface area contributed by atoms with E-state index in [1.165, 1.54) is 11.3 Å². The summed E-state index contributed by atoms with van der Waals surface area (Å²) in [5, 5.41) is 13.2. The number of rotatable bonds is 4. The molecule has 9 heteroatoms. The Morgan fingerprint density at radius 3 is 2.57 bits per heavy atom. The number of hydrogen-bond donors (Lipinski definition) is 1. The zero-order valence-corrected chi connectivity index (χ0v) is 12.6. The maximum Gasteiger partial charge on any atom is 0.285 e. The Labute approximate surface area is 129 Å². The third-order valence-electron chi connectivity index (χ3n) is 2.53. The standard InChI is InChI=1S/C12H7BrF2N2O3S/c13-11-2-1-6(21-11)5-16-12(18)7-3-8(14)9(15)4-10(7)17(19)20/h1-4H,5H2,(H,16,18). The Balaban J connectivity index is 2.22. The van der Waals surface area contributed by atoms with Gasteiger partial charge in [-0.15, -0.1) is 11.3 Å². The molecule has 1 aromatic heterocycles. The monoisotopic (exact) mass is 376 g/mol. The van der Waals surface area contributed by atoms with Gasteiger partial charge >= 0.3 is 0 Å².